The molecule has 2 N–H and O–H groups in total. The van der Waals surface area contributed by atoms with Gasteiger partial charge in [0.25, 0.3) is 0 Å². The highest BCUT2D eigenvalue weighted by Gasteiger charge is 2.24. The van der Waals surface area contributed by atoms with Crippen molar-refractivity contribution in [1.29, 1.82) is 0 Å². The normalized spacial score (nSPS) is 11.7. The topological polar surface area (TPSA) is 75.6 Å². The fourth-order valence-corrected chi connectivity index (χ4v) is 1.94. The third-order valence-electron chi connectivity index (χ3n) is 3.00. The predicted octanol–water partition coefficient (Wildman–Crippen LogP) is 1.70. The van der Waals surface area contributed by atoms with Crippen LogP contribution < -0.4 is 10.1 Å². The first-order chi connectivity index (χ1) is 8.99. The van der Waals surface area contributed by atoms with Gasteiger partial charge in [0.2, 0.25) is 5.91 Å². The second-order valence-electron chi connectivity index (χ2n) is 4.35. The van der Waals surface area contributed by atoms with Gasteiger partial charge in [-0.2, -0.15) is 0 Å². The van der Waals surface area contributed by atoms with Gasteiger partial charge in [-0.25, -0.2) is 0 Å². The third-order valence-corrected chi connectivity index (χ3v) is 3.00. The lowest BCUT2D eigenvalue weighted by molar-refractivity contribution is -0.139. The van der Waals surface area contributed by atoms with E-state index in [9.17, 15) is 14.7 Å². The largest absolute Gasteiger partial charge is 0.496 e. The molecule has 104 valence electrons. The number of ether oxygens (including phenoxy) is 1. The van der Waals surface area contributed by atoms with Crippen molar-refractivity contribution in [2.75, 3.05) is 14.2 Å². The summed E-state index contributed by atoms with van der Waals surface area (Å²) < 4.78 is 5.20. The average molecular weight is 265 g/mol. The number of amides is 1. The molecule has 0 aliphatic carbocycles. The maximum atomic E-state index is 11.4. The summed E-state index contributed by atoms with van der Waals surface area (Å²) >= 11 is 0. The Hall–Kier alpha value is -2.04. The third kappa shape index (κ3) is 3.98. The second-order valence-corrected chi connectivity index (χ2v) is 4.35. The van der Waals surface area contributed by atoms with Crippen molar-refractivity contribution in [3.8, 4) is 5.75 Å². The van der Waals surface area contributed by atoms with E-state index < -0.39 is 11.9 Å². The van der Waals surface area contributed by atoms with E-state index >= 15 is 0 Å². The number of carboxylic acids is 1. The molecule has 0 saturated heterocycles. The maximum absolute atomic E-state index is 11.4. The van der Waals surface area contributed by atoms with E-state index in [2.05, 4.69) is 5.32 Å². The first-order valence-electron chi connectivity index (χ1n) is 6.07. The molecule has 5 heteroatoms. The molecule has 5 nitrogen and oxygen atoms in total. The zero-order chi connectivity index (χ0) is 14.4. The summed E-state index contributed by atoms with van der Waals surface area (Å²) in [5, 5.41) is 11.8. The van der Waals surface area contributed by atoms with E-state index in [1.54, 1.807) is 12.1 Å². The van der Waals surface area contributed by atoms with Crippen molar-refractivity contribution < 1.29 is 19.4 Å². The monoisotopic (exact) mass is 265 g/mol. The Morgan fingerprint density at radius 3 is 2.63 bits per heavy atom. The van der Waals surface area contributed by atoms with Gasteiger partial charge < -0.3 is 15.2 Å². The Balaban J connectivity index is 3.01. The Kier molecular flexibility index (Phi) is 5.36. The summed E-state index contributed by atoms with van der Waals surface area (Å²) in [7, 11) is 3.04. The fraction of sp³-hybridized carbons (Fsp3) is 0.429. The number of aliphatic carboxylic acids is 1. The number of nitrogens with one attached hydrogen (secondary N) is 1. The van der Waals surface area contributed by atoms with Gasteiger partial charge in [0, 0.05) is 19.0 Å². The Morgan fingerprint density at radius 1 is 1.42 bits per heavy atom. The predicted molar refractivity (Wildman–Crippen MR) is 71.4 cm³/mol. The highest BCUT2D eigenvalue weighted by atomic mass is 16.5. The van der Waals surface area contributed by atoms with Crippen LogP contribution in [0, 0.1) is 6.92 Å². The van der Waals surface area contributed by atoms with Crippen molar-refractivity contribution in [2.24, 2.45) is 0 Å². The summed E-state index contributed by atoms with van der Waals surface area (Å²) in [5.41, 5.74) is 1.57. The smallest absolute Gasteiger partial charge is 0.311 e. The van der Waals surface area contributed by atoms with Crippen molar-refractivity contribution in [3.05, 3.63) is 29.3 Å². The zero-order valence-corrected chi connectivity index (χ0v) is 11.4. The van der Waals surface area contributed by atoms with Gasteiger partial charge in [0.05, 0.1) is 13.0 Å². The quantitative estimate of drug-likeness (QED) is 0.820. The van der Waals surface area contributed by atoms with E-state index in [0.29, 0.717) is 11.3 Å². The van der Waals surface area contributed by atoms with Crippen molar-refractivity contribution in [2.45, 2.75) is 25.7 Å². The molecule has 0 aliphatic rings. The van der Waals surface area contributed by atoms with Gasteiger partial charge in [-0.1, -0.05) is 17.7 Å². The van der Waals surface area contributed by atoms with Crippen LogP contribution in [0.2, 0.25) is 0 Å². The van der Waals surface area contributed by atoms with Crippen LogP contribution in [0.4, 0.5) is 0 Å². The lowest BCUT2D eigenvalue weighted by Gasteiger charge is -2.16. The lowest BCUT2D eigenvalue weighted by atomic mass is 9.92. The van der Waals surface area contributed by atoms with Gasteiger partial charge in [0.15, 0.2) is 0 Å². The van der Waals surface area contributed by atoms with Crippen molar-refractivity contribution >= 4 is 11.9 Å². The minimum atomic E-state index is -0.951. The first-order valence-corrected chi connectivity index (χ1v) is 6.07. The van der Waals surface area contributed by atoms with Crippen LogP contribution in [0.15, 0.2) is 18.2 Å². The van der Waals surface area contributed by atoms with Gasteiger partial charge >= 0.3 is 5.97 Å². The van der Waals surface area contributed by atoms with Crippen LogP contribution >= 0.6 is 0 Å². The molecule has 1 aromatic rings. The molecular formula is C14H19NO4. The number of methoxy groups -OCH3 is 1. The molecule has 0 fully saturated rings. The zero-order valence-electron chi connectivity index (χ0n) is 11.4. The van der Waals surface area contributed by atoms with Crippen LogP contribution in [-0.4, -0.2) is 31.1 Å². The fourth-order valence-electron chi connectivity index (χ4n) is 1.94. The highest BCUT2D eigenvalue weighted by Crippen LogP contribution is 2.31. The molecule has 1 aromatic carbocycles. The molecule has 0 aromatic heterocycles. The number of carbonyl (C=O) groups is 2. The number of hydrogen-bond donors (Lipinski definition) is 2. The number of hydrogen-bond acceptors (Lipinski definition) is 3. The summed E-state index contributed by atoms with van der Waals surface area (Å²) in [6.45, 7) is 1.89. The summed E-state index contributed by atoms with van der Waals surface area (Å²) in [5.74, 6) is -1.33. The van der Waals surface area contributed by atoms with E-state index in [4.69, 9.17) is 4.74 Å². The van der Waals surface area contributed by atoms with Crippen molar-refractivity contribution in [3.63, 3.8) is 0 Å². The van der Waals surface area contributed by atoms with Crippen LogP contribution in [0.25, 0.3) is 0 Å². The maximum Gasteiger partial charge on any atom is 0.311 e. The molecule has 19 heavy (non-hydrogen) atoms. The molecular weight excluding hydrogens is 246 g/mol. The molecule has 0 spiro atoms. The van der Waals surface area contributed by atoms with Crippen LogP contribution in [0.5, 0.6) is 5.75 Å². The van der Waals surface area contributed by atoms with Crippen LogP contribution in [-0.2, 0) is 9.59 Å². The minimum absolute atomic E-state index is 0.169. The molecule has 0 aliphatic heterocycles. The molecule has 0 bridgehead atoms. The number of rotatable bonds is 6. The summed E-state index contributed by atoms with van der Waals surface area (Å²) in [6, 6.07) is 5.40. The van der Waals surface area contributed by atoms with E-state index in [0.717, 1.165) is 5.56 Å². The van der Waals surface area contributed by atoms with E-state index in [1.807, 2.05) is 13.0 Å². The standard InChI is InChI=1S/C14H19NO4/c1-9-4-6-12(19-3)11(8-9)10(14(17)18)5-7-13(16)15-2/h4,6,8,10H,5,7H2,1-3H3,(H,15,16)(H,17,18). The minimum Gasteiger partial charge on any atom is -0.496 e. The average Bonchev–Trinajstić information content (AvgIpc) is 2.38. The van der Waals surface area contributed by atoms with E-state index in [1.165, 1.54) is 14.2 Å². The lowest BCUT2D eigenvalue weighted by Crippen LogP contribution is -2.20. The van der Waals surface area contributed by atoms with Crippen LogP contribution in [0.3, 0.4) is 0 Å². The number of carboxylic acid groups (broad SMARTS) is 1. The Labute approximate surface area is 112 Å². The summed E-state index contributed by atoms with van der Waals surface area (Å²) in [4.78, 5) is 22.6. The Bertz CT molecular complexity index is 471. The van der Waals surface area contributed by atoms with Crippen molar-refractivity contribution in [1.82, 2.24) is 5.32 Å². The molecule has 1 rings (SSSR count). The molecule has 1 amide bonds. The van der Waals surface area contributed by atoms with Gasteiger partial charge in [-0.05, 0) is 19.4 Å². The second kappa shape index (κ2) is 6.78. The first kappa shape index (κ1) is 15.0. The molecule has 1 atom stereocenters. The van der Waals surface area contributed by atoms with Gasteiger partial charge in [-0.3, -0.25) is 9.59 Å². The van der Waals surface area contributed by atoms with Crippen LogP contribution in [0.1, 0.15) is 29.9 Å². The Morgan fingerprint density at radius 2 is 2.11 bits per heavy atom. The van der Waals surface area contributed by atoms with E-state index in [-0.39, 0.29) is 18.7 Å². The molecule has 1 unspecified atom stereocenters. The SMILES string of the molecule is CNC(=O)CCC(C(=O)O)c1cc(C)ccc1OC. The molecule has 0 radical (unpaired) electrons. The highest BCUT2D eigenvalue weighted by molar-refractivity contribution is 5.80. The van der Waals surface area contributed by atoms with Gasteiger partial charge in [-0.15, -0.1) is 0 Å². The summed E-state index contributed by atoms with van der Waals surface area (Å²) in [6.07, 6.45) is 0.416. The molecule has 0 heterocycles. The number of carbonyl (C=O) groups excluding carboxylic acids is 1. The number of benzene rings is 1. The molecule has 0 saturated carbocycles. The number of aryl methyl sites for hydroxylation is 1. The van der Waals surface area contributed by atoms with Gasteiger partial charge in [0.1, 0.15) is 5.75 Å².